The van der Waals surface area contributed by atoms with E-state index < -0.39 is 22.0 Å². The Balaban J connectivity index is 2.36. The molecule has 2 rings (SSSR count). The fraction of sp³-hybridized carbons (Fsp3) is 0.353. The third kappa shape index (κ3) is 6.08. The van der Waals surface area contributed by atoms with Crippen LogP contribution in [0, 0.1) is 0 Å². The molecular formula is C17H21ClN4O4S3. The van der Waals surface area contributed by atoms with Crippen molar-refractivity contribution in [2.75, 3.05) is 28.7 Å². The summed E-state index contributed by atoms with van der Waals surface area (Å²) in [6.45, 7) is 5.35. The summed E-state index contributed by atoms with van der Waals surface area (Å²) >= 11 is 8.70. The van der Waals surface area contributed by atoms with Crippen LogP contribution in [0.1, 0.15) is 13.3 Å². The maximum Gasteiger partial charge on any atom is 0.250 e. The lowest BCUT2D eigenvalue weighted by Crippen LogP contribution is -2.47. The molecule has 0 aliphatic rings. The number of nitrogens with one attached hydrogen (secondary N) is 1. The maximum atomic E-state index is 12.9. The van der Waals surface area contributed by atoms with Gasteiger partial charge in [-0.3, -0.25) is 14.4 Å². The molecule has 12 heteroatoms. The van der Waals surface area contributed by atoms with E-state index in [0.29, 0.717) is 15.1 Å². The number of aromatic nitrogens is 2. The zero-order valence-electron chi connectivity index (χ0n) is 16.1. The van der Waals surface area contributed by atoms with E-state index in [2.05, 4.69) is 22.1 Å². The smallest absolute Gasteiger partial charge is 0.250 e. The lowest BCUT2D eigenvalue weighted by molar-refractivity contribution is -0.117. The fourth-order valence-corrected chi connectivity index (χ4v) is 5.40. The second-order valence-electron chi connectivity index (χ2n) is 5.76. The second-order valence-corrected chi connectivity index (χ2v) is 10.3. The summed E-state index contributed by atoms with van der Waals surface area (Å²) in [5.41, 5.74) is 0.184. The van der Waals surface area contributed by atoms with Gasteiger partial charge < -0.3 is 4.74 Å². The Morgan fingerprint density at radius 3 is 2.79 bits per heavy atom. The van der Waals surface area contributed by atoms with Gasteiger partial charge in [0.25, 0.3) is 0 Å². The van der Waals surface area contributed by atoms with Gasteiger partial charge in [-0.1, -0.05) is 47.7 Å². The lowest BCUT2D eigenvalue weighted by Gasteiger charge is -2.30. The van der Waals surface area contributed by atoms with E-state index in [1.165, 1.54) is 36.3 Å². The quantitative estimate of drug-likeness (QED) is 0.317. The van der Waals surface area contributed by atoms with Gasteiger partial charge in [-0.2, -0.15) is 0 Å². The summed E-state index contributed by atoms with van der Waals surface area (Å²) < 4.78 is 32.2. The molecule has 1 N–H and O–H groups in total. The Kier molecular flexibility index (Phi) is 8.32. The van der Waals surface area contributed by atoms with Crippen LogP contribution in [0.3, 0.4) is 0 Å². The van der Waals surface area contributed by atoms with Crippen molar-refractivity contribution in [3.05, 3.63) is 35.9 Å². The van der Waals surface area contributed by atoms with Crippen molar-refractivity contribution in [1.29, 1.82) is 0 Å². The van der Waals surface area contributed by atoms with Crippen LogP contribution in [0.4, 0.5) is 10.8 Å². The van der Waals surface area contributed by atoms with Crippen molar-refractivity contribution >= 4 is 61.4 Å². The Labute approximate surface area is 183 Å². The zero-order chi connectivity index (χ0) is 21.6. The average molecular weight is 477 g/mol. The van der Waals surface area contributed by atoms with E-state index in [1.807, 2.05) is 0 Å². The minimum atomic E-state index is -3.84. The van der Waals surface area contributed by atoms with Crippen molar-refractivity contribution in [2.24, 2.45) is 0 Å². The van der Waals surface area contributed by atoms with Crippen LogP contribution in [0.15, 0.2) is 35.2 Å². The number of hydrogen-bond donors (Lipinski definition) is 1. The van der Waals surface area contributed by atoms with Gasteiger partial charge in [-0.15, -0.1) is 16.8 Å². The molecule has 0 fully saturated rings. The molecule has 1 heterocycles. The highest BCUT2D eigenvalue weighted by Crippen LogP contribution is 2.35. The first-order chi connectivity index (χ1) is 13.7. The third-order valence-corrected chi connectivity index (χ3v) is 7.04. The molecule has 0 aliphatic carbocycles. The first kappa shape index (κ1) is 23.5. The number of thioether (sulfide) groups is 1. The molecule has 2 aromatic rings. The number of halogens is 1. The van der Waals surface area contributed by atoms with Crippen LogP contribution in [-0.4, -0.2) is 49.7 Å². The van der Waals surface area contributed by atoms with Crippen LogP contribution >= 0.6 is 34.7 Å². The van der Waals surface area contributed by atoms with Crippen molar-refractivity contribution < 1.29 is 17.9 Å². The summed E-state index contributed by atoms with van der Waals surface area (Å²) in [5.74, 6) is 0.415. The SMILES string of the molecule is C=CCSc1nnc(NC(=O)[C@@H](CC)N(c2cc(Cl)ccc2OC)S(C)(=O)=O)s1. The predicted molar refractivity (Wildman–Crippen MR) is 119 cm³/mol. The monoisotopic (exact) mass is 476 g/mol. The third-order valence-electron chi connectivity index (χ3n) is 3.67. The van der Waals surface area contributed by atoms with Gasteiger partial charge in [0.05, 0.1) is 19.1 Å². The van der Waals surface area contributed by atoms with E-state index >= 15 is 0 Å². The molecule has 29 heavy (non-hydrogen) atoms. The number of anilines is 2. The van der Waals surface area contributed by atoms with Gasteiger partial charge >= 0.3 is 0 Å². The maximum absolute atomic E-state index is 12.9. The highest BCUT2D eigenvalue weighted by molar-refractivity contribution is 8.01. The molecule has 0 radical (unpaired) electrons. The van der Waals surface area contributed by atoms with Crippen LogP contribution in [0.25, 0.3) is 0 Å². The molecule has 1 atom stereocenters. The van der Waals surface area contributed by atoms with Crippen molar-refractivity contribution in [3.63, 3.8) is 0 Å². The highest BCUT2D eigenvalue weighted by Gasteiger charge is 2.34. The van der Waals surface area contributed by atoms with Crippen molar-refractivity contribution in [3.8, 4) is 5.75 Å². The fourth-order valence-electron chi connectivity index (χ4n) is 2.51. The summed E-state index contributed by atoms with van der Waals surface area (Å²) in [6.07, 6.45) is 2.98. The number of carbonyl (C=O) groups is 1. The van der Waals surface area contributed by atoms with E-state index in [1.54, 1.807) is 25.1 Å². The molecule has 0 saturated heterocycles. The van der Waals surface area contributed by atoms with Crippen LogP contribution < -0.4 is 14.4 Å². The summed E-state index contributed by atoms with van der Waals surface area (Å²) in [4.78, 5) is 12.9. The van der Waals surface area contributed by atoms with Gasteiger partial charge in [-0.25, -0.2) is 8.42 Å². The highest BCUT2D eigenvalue weighted by atomic mass is 35.5. The first-order valence-corrected chi connectivity index (χ1v) is 12.4. The predicted octanol–water partition coefficient (Wildman–Crippen LogP) is 3.66. The molecule has 1 amide bonds. The summed E-state index contributed by atoms with van der Waals surface area (Å²) in [7, 11) is -2.42. The van der Waals surface area contributed by atoms with Gasteiger partial charge in [-0.05, 0) is 24.6 Å². The molecular weight excluding hydrogens is 456 g/mol. The standard InChI is InChI=1S/C17H21ClN4O4S3/c1-5-9-27-17-21-20-16(28-17)19-15(23)12(6-2)22(29(4,24)25)13-10-11(18)7-8-14(13)26-3/h5,7-8,10,12H,1,6,9H2,2-4H3,(H,19,20,23)/t12-/m1/s1. The Morgan fingerprint density at radius 2 is 2.21 bits per heavy atom. The molecule has 158 valence electrons. The normalized spacial score (nSPS) is 12.3. The molecule has 1 aromatic heterocycles. The number of rotatable bonds is 10. The summed E-state index contributed by atoms with van der Waals surface area (Å²) in [5, 5.41) is 11.2. The molecule has 1 aromatic carbocycles. The van der Waals surface area contributed by atoms with Crippen LogP contribution in [-0.2, 0) is 14.8 Å². The van der Waals surface area contributed by atoms with E-state index in [4.69, 9.17) is 16.3 Å². The average Bonchev–Trinajstić information content (AvgIpc) is 3.10. The van der Waals surface area contributed by atoms with Gasteiger partial charge in [0.15, 0.2) is 4.34 Å². The molecule has 0 unspecified atom stereocenters. The molecule has 0 bridgehead atoms. The van der Waals surface area contributed by atoms with Gasteiger partial charge in [0.1, 0.15) is 11.8 Å². The number of sulfonamides is 1. The second kappa shape index (κ2) is 10.3. The van der Waals surface area contributed by atoms with E-state index in [9.17, 15) is 13.2 Å². The lowest BCUT2D eigenvalue weighted by atomic mass is 10.2. The summed E-state index contributed by atoms with van der Waals surface area (Å²) in [6, 6.07) is 3.54. The zero-order valence-corrected chi connectivity index (χ0v) is 19.3. The largest absolute Gasteiger partial charge is 0.495 e. The Bertz CT molecular complexity index is 981. The number of hydrogen-bond acceptors (Lipinski definition) is 8. The van der Waals surface area contributed by atoms with E-state index in [-0.39, 0.29) is 23.0 Å². The van der Waals surface area contributed by atoms with Crippen molar-refractivity contribution in [1.82, 2.24) is 10.2 Å². The number of benzene rings is 1. The van der Waals surface area contributed by atoms with E-state index in [0.717, 1.165) is 10.6 Å². The molecule has 0 spiro atoms. The van der Waals surface area contributed by atoms with Crippen LogP contribution in [0.2, 0.25) is 5.02 Å². The van der Waals surface area contributed by atoms with Gasteiger partial charge in [0, 0.05) is 10.8 Å². The Morgan fingerprint density at radius 1 is 1.48 bits per heavy atom. The van der Waals surface area contributed by atoms with Crippen molar-refractivity contribution in [2.45, 2.75) is 23.7 Å². The topological polar surface area (TPSA) is 101 Å². The number of carbonyl (C=O) groups excluding carboxylic acids is 1. The number of nitrogens with zero attached hydrogens (tertiary/aromatic N) is 3. The first-order valence-electron chi connectivity index (χ1n) is 8.42. The van der Waals surface area contributed by atoms with Crippen LogP contribution in [0.5, 0.6) is 5.75 Å². The minimum absolute atomic E-state index is 0.184. The molecule has 0 saturated carbocycles. The number of amides is 1. The van der Waals surface area contributed by atoms with Gasteiger partial charge in [0.2, 0.25) is 21.1 Å². The minimum Gasteiger partial charge on any atom is -0.495 e. The Hall–Kier alpha value is -1.82. The molecule has 8 nitrogen and oxygen atoms in total. The number of methoxy groups -OCH3 is 1. The molecule has 0 aliphatic heterocycles. The number of ether oxygens (including phenoxy) is 1.